The number of fused-ring (bicyclic) bond motifs is 16. The summed E-state index contributed by atoms with van der Waals surface area (Å²) in [6.45, 7) is 21.8. The number of nitrogens with zero attached hydrogens (tertiary/aromatic N) is 1. The Labute approximate surface area is 407 Å². The van der Waals surface area contributed by atoms with Gasteiger partial charge >= 0.3 is 0 Å². The van der Waals surface area contributed by atoms with E-state index in [4.69, 9.17) is 0 Å². The first kappa shape index (κ1) is 40.9. The Morgan fingerprint density at radius 3 is 1.87 bits per heavy atom. The number of hydrogen-bond donors (Lipinski definition) is 1. The molecule has 3 aliphatic rings. The quantitative estimate of drug-likeness (QED) is 0.175. The zero-order valence-electron chi connectivity index (χ0n) is 40.5. The molecule has 1 radical (unpaired) electrons. The lowest BCUT2D eigenvalue weighted by Gasteiger charge is -2.42. The third kappa shape index (κ3) is 5.52. The monoisotopic (exact) mass is 913 g/mol. The van der Waals surface area contributed by atoms with Gasteiger partial charge in [-0.2, -0.15) is 0 Å². The van der Waals surface area contributed by atoms with E-state index in [1.807, 2.05) is 22.7 Å². The summed E-state index contributed by atoms with van der Waals surface area (Å²) in [7, 11) is 2.58. The number of anilines is 2. The molecule has 14 rings (SSSR count). The molecule has 68 heavy (non-hydrogen) atoms. The highest BCUT2D eigenvalue weighted by atomic mass is 32.1. The molecule has 4 heterocycles. The number of aromatic nitrogens is 1. The second-order valence-corrected chi connectivity index (χ2v) is 25.2. The fraction of sp³-hybridized carbons (Fsp3) is 0.238. The molecule has 0 unspecified atom stereocenters. The van der Waals surface area contributed by atoms with Gasteiger partial charge in [-0.15, -0.1) is 22.7 Å². The standard InChI is InChI=1S/C63H54BN2S2/c1-60(2,3)34-22-24-35(25-23-34)65-47-29-39-36-16-11-14-20-50(36)67-52(39)31-41(47)56-57-54(38-18-10-13-19-43(38)63(57,8)9)55-42-28-44-45(62(6,7)27-26-61(44,4)5)32-48(42)66-49-30-40-37-17-12-15-21-51(37)68-53(40)33-46(49)64-58(56)59(55)66/h10-25,28-33,65H,26-27H2,1-9H3. The topological polar surface area (TPSA) is 17.0 Å². The maximum atomic E-state index is 4.09. The van der Waals surface area contributed by atoms with E-state index in [0.29, 0.717) is 0 Å². The van der Waals surface area contributed by atoms with Crippen molar-refractivity contribution in [3.63, 3.8) is 0 Å². The molecule has 2 nitrogen and oxygen atoms in total. The smallest absolute Gasteiger partial charge is 0.197 e. The maximum Gasteiger partial charge on any atom is 0.197 e. The Kier molecular flexibility index (Phi) is 8.15. The molecule has 5 heteroatoms. The molecule has 2 aliphatic carbocycles. The van der Waals surface area contributed by atoms with E-state index >= 15 is 0 Å². The van der Waals surface area contributed by atoms with E-state index in [0.717, 1.165) is 11.4 Å². The second-order valence-electron chi connectivity index (χ2n) is 23.0. The molecule has 0 atom stereocenters. The van der Waals surface area contributed by atoms with Gasteiger partial charge in [0, 0.05) is 84.7 Å². The highest BCUT2D eigenvalue weighted by molar-refractivity contribution is 7.26. The molecular formula is C63H54BN2S2. The third-order valence-corrected chi connectivity index (χ3v) is 18.9. The highest BCUT2D eigenvalue weighted by Crippen LogP contribution is 2.59. The van der Waals surface area contributed by atoms with Crippen molar-refractivity contribution in [2.45, 2.75) is 96.8 Å². The van der Waals surface area contributed by atoms with Crippen molar-refractivity contribution < 1.29 is 0 Å². The maximum absolute atomic E-state index is 4.09. The van der Waals surface area contributed by atoms with E-state index in [1.165, 1.54) is 142 Å². The van der Waals surface area contributed by atoms with Gasteiger partial charge in [-0.1, -0.05) is 141 Å². The van der Waals surface area contributed by atoms with E-state index in [-0.39, 0.29) is 21.7 Å². The number of benzene rings is 8. The summed E-state index contributed by atoms with van der Waals surface area (Å²) < 4.78 is 8.01. The molecule has 0 saturated heterocycles. The van der Waals surface area contributed by atoms with Crippen LogP contribution in [0.25, 0.3) is 90.1 Å². The number of thiophene rings is 2. The molecule has 0 fully saturated rings. The van der Waals surface area contributed by atoms with Gasteiger partial charge in [-0.05, 0) is 140 Å². The summed E-state index contributed by atoms with van der Waals surface area (Å²) in [5.41, 5.74) is 21.1. The zero-order valence-corrected chi connectivity index (χ0v) is 42.1. The van der Waals surface area contributed by atoms with Gasteiger partial charge < -0.3 is 9.88 Å². The van der Waals surface area contributed by atoms with Crippen LogP contribution in [0.15, 0.2) is 133 Å². The van der Waals surface area contributed by atoms with Crippen LogP contribution < -0.4 is 16.2 Å². The van der Waals surface area contributed by atoms with Crippen LogP contribution in [0.3, 0.4) is 0 Å². The number of hydrogen-bond acceptors (Lipinski definition) is 3. The predicted molar refractivity (Wildman–Crippen MR) is 298 cm³/mol. The second kappa shape index (κ2) is 13.6. The highest BCUT2D eigenvalue weighted by Gasteiger charge is 2.44. The average molecular weight is 914 g/mol. The minimum Gasteiger partial charge on any atom is -0.355 e. The third-order valence-electron chi connectivity index (χ3n) is 16.6. The lowest BCUT2D eigenvalue weighted by Crippen LogP contribution is -2.38. The zero-order chi connectivity index (χ0) is 46.4. The first-order chi connectivity index (χ1) is 32.6. The lowest BCUT2D eigenvalue weighted by atomic mass is 9.57. The molecule has 331 valence electrons. The summed E-state index contributed by atoms with van der Waals surface area (Å²) >= 11 is 3.83. The van der Waals surface area contributed by atoms with Crippen molar-refractivity contribution >= 4 is 114 Å². The van der Waals surface area contributed by atoms with Crippen molar-refractivity contribution in [3.8, 4) is 27.9 Å². The molecule has 3 aromatic heterocycles. The van der Waals surface area contributed by atoms with Crippen LogP contribution in [0.5, 0.6) is 0 Å². The Bertz CT molecular complexity index is 4030. The summed E-state index contributed by atoms with van der Waals surface area (Å²) in [6, 6.07) is 51.7. The average Bonchev–Trinajstić information content (AvgIpc) is 4.03. The molecule has 0 amide bonds. The van der Waals surface area contributed by atoms with Crippen LogP contribution in [0.4, 0.5) is 11.4 Å². The van der Waals surface area contributed by atoms with Crippen LogP contribution in [0.1, 0.15) is 103 Å². The Balaban J connectivity index is 1.18. The lowest BCUT2D eigenvalue weighted by molar-refractivity contribution is 0.332. The largest absolute Gasteiger partial charge is 0.355 e. The van der Waals surface area contributed by atoms with Crippen LogP contribution in [-0.2, 0) is 21.7 Å². The Morgan fingerprint density at radius 2 is 1.18 bits per heavy atom. The van der Waals surface area contributed by atoms with Gasteiger partial charge in [0.05, 0.1) is 5.52 Å². The van der Waals surface area contributed by atoms with Crippen molar-refractivity contribution in [2.75, 3.05) is 5.32 Å². The van der Waals surface area contributed by atoms with Gasteiger partial charge in [-0.3, -0.25) is 0 Å². The summed E-state index contributed by atoms with van der Waals surface area (Å²) in [6.07, 6.45) is 2.35. The fourth-order valence-electron chi connectivity index (χ4n) is 12.8. The molecule has 8 aromatic carbocycles. The van der Waals surface area contributed by atoms with Crippen LogP contribution in [0, 0.1) is 0 Å². The van der Waals surface area contributed by atoms with E-state index < -0.39 is 0 Å². The molecule has 0 spiro atoms. The Hall–Kier alpha value is -6.14. The van der Waals surface area contributed by atoms with E-state index in [9.17, 15) is 0 Å². The van der Waals surface area contributed by atoms with Crippen molar-refractivity contribution in [2.24, 2.45) is 0 Å². The number of rotatable bonds is 3. The summed E-state index contributed by atoms with van der Waals surface area (Å²) in [5, 5.41) is 12.1. The molecule has 1 N–H and O–H groups in total. The molecule has 0 bridgehead atoms. The first-order valence-corrected chi connectivity index (χ1v) is 26.2. The van der Waals surface area contributed by atoms with Gasteiger partial charge in [0.25, 0.3) is 0 Å². The predicted octanol–water partition coefficient (Wildman–Crippen LogP) is 16.9. The van der Waals surface area contributed by atoms with Crippen molar-refractivity contribution in [1.29, 1.82) is 0 Å². The summed E-state index contributed by atoms with van der Waals surface area (Å²) in [4.78, 5) is 0. The van der Waals surface area contributed by atoms with Crippen molar-refractivity contribution in [1.82, 2.24) is 4.57 Å². The minimum absolute atomic E-state index is 0.0583. The van der Waals surface area contributed by atoms with Gasteiger partial charge in [0.2, 0.25) is 0 Å². The minimum atomic E-state index is -0.292. The van der Waals surface area contributed by atoms with Crippen LogP contribution in [-0.4, -0.2) is 11.8 Å². The van der Waals surface area contributed by atoms with Crippen LogP contribution >= 0.6 is 22.7 Å². The molecule has 0 saturated carbocycles. The van der Waals surface area contributed by atoms with Crippen LogP contribution in [0.2, 0.25) is 0 Å². The van der Waals surface area contributed by atoms with E-state index in [2.05, 4.69) is 213 Å². The molecular weight excluding hydrogens is 860 g/mol. The fourth-order valence-corrected chi connectivity index (χ4v) is 15.1. The molecule has 1 aliphatic heterocycles. The van der Waals surface area contributed by atoms with E-state index in [1.54, 1.807) is 0 Å². The SMILES string of the molecule is CC(C)(C)c1ccc(Nc2cc3c(cc2-c2c4c(c5c6cc7c(cc6n6c5c2[B]c2cc5sc8ccccc8c5cc2-6)C(C)(C)CCC7(C)C)-c2ccccc2C4(C)C)sc2ccccc23)cc1. The van der Waals surface area contributed by atoms with Crippen molar-refractivity contribution in [3.05, 3.63) is 161 Å². The molecule has 11 aromatic rings. The van der Waals surface area contributed by atoms with Gasteiger partial charge in [0.1, 0.15) is 0 Å². The normalized spacial score (nSPS) is 16.4. The van der Waals surface area contributed by atoms with Gasteiger partial charge in [-0.25, -0.2) is 0 Å². The number of nitrogens with one attached hydrogen (secondary N) is 1. The first-order valence-electron chi connectivity index (χ1n) is 24.5. The Morgan fingerprint density at radius 1 is 0.559 bits per heavy atom. The van der Waals surface area contributed by atoms with Gasteiger partial charge in [0.15, 0.2) is 7.28 Å². The summed E-state index contributed by atoms with van der Waals surface area (Å²) in [5.74, 6) is 0.